The second kappa shape index (κ2) is 12.7. The van der Waals surface area contributed by atoms with Gasteiger partial charge in [-0.15, -0.1) is 0 Å². The van der Waals surface area contributed by atoms with E-state index >= 15 is 0 Å². The lowest BCUT2D eigenvalue weighted by molar-refractivity contribution is 0.413. The molecule has 282 valence electrons. The van der Waals surface area contributed by atoms with Gasteiger partial charge in [0.05, 0.1) is 27.8 Å². The van der Waals surface area contributed by atoms with Crippen LogP contribution in [-0.2, 0) is 0 Å². The summed E-state index contributed by atoms with van der Waals surface area (Å²) in [5, 5.41) is 4.89. The average molecular weight is 752 g/mol. The highest BCUT2D eigenvalue weighted by atomic mass is 15.2. The van der Waals surface area contributed by atoms with Gasteiger partial charge in [0.1, 0.15) is 0 Å². The Labute approximate surface area is 338 Å². The average Bonchev–Trinajstić information content (AvgIpc) is 4.16. The van der Waals surface area contributed by atoms with Crippen LogP contribution in [0.2, 0.25) is 0 Å². The number of nitrogens with zero attached hydrogens (tertiary/aromatic N) is 5. The highest BCUT2D eigenvalue weighted by Gasteiger charge is 2.44. The van der Waals surface area contributed by atoms with Crippen molar-refractivity contribution >= 4 is 43.6 Å². The van der Waals surface area contributed by atoms with E-state index in [2.05, 4.69) is 149 Å². The molecular formula is C53H45N5. The van der Waals surface area contributed by atoms with E-state index in [1.54, 1.807) is 0 Å². The molecule has 4 fully saturated rings. The first kappa shape index (κ1) is 33.0. The Kier molecular flexibility index (Phi) is 7.22. The summed E-state index contributed by atoms with van der Waals surface area (Å²) >= 11 is 0. The largest absolute Gasteiger partial charge is 0.309 e. The van der Waals surface area contributed by atoms with Gasteiger partial charge < -0.3 is 4.57 Å². The number of aromatic nitrogens is 5. The molecule has 0 aliphatic heterocycles. The maximum Gasteiger partial charge on any atom is 0.238 e. The van der Waals surface area contributed by atoms with Crippen molar-refractivity contribution in [3.63, 3.8) is 0 Å². The van der Waals surface area contributed by atoms with Gasteiger partial charge >= 0.3 is 0 Å². The number of hydrogen-bond donors (Lipinski definition) is 0. The Morgan fingerprint density at radius 3 is 1.36 bits per heavy atom. The molecule has 4 saturated carbocycles. The Hall–Kier alpha value is -6.07. The van der Waals surface area contributed by atoms with Crippen LogP contribution in [0.4, 0.5) is 0 Å². The monoisotopic (exact) mass is 751 g/mol. The molecular weight excluding hydrogens is 707 g/mol. The Morgan fingerprint density at radius 1 is 0.397 bits per heavy atom. The van der Waals surface area contributed by atoms with Gasteiger partial charge in [-0.05, 0) is 122 Å². The molecule has 3 heterocycles. The molecule has 6 unspecified atom stereocenters. The predicted molar refractivity (Wildman–Crippen MR) is 236 cm³/mol. The van der Waals surface area contributed by atoms with Crippen molar-refractivity contribution in [2.75, 3.05) is 0 Å². The van der Waals surface area contributed by atoms with E-state index in [0.717, 1.165) is 51.8 Å². The van der Waals surface area contributed by atoms with Crippen LogP contribution in [0.1, 0.15) is 74.3 Å². The first-order chi connectivity index (χ1) is 28.7. The number of fused-ring (bicyclic) bond motifs is 10. The fourth-order valence-electron chi connectivity index (χ4n) is 12.6. The molecule has 0 spiro atoms. The molecule has 0 N–H and O–H groups in total. The minimum atomic E-state index is 0.550. The highest BCUT2D eigenvalue weighted by Crippen LogP contribution is 2.58. The van der Waals surface area contributed by atoms with Gasteiger partial charge in [0.25, 0.3) is 0 Å². The lowest BCUT2D eigenvalue weighted by Gasteiger charge is -2.29. The highest BCUT2D eigenvalue weighted by molar-refractivity contribution is 6.10. The SMILES string of the molecule is c1ccc(-n2c3ccccc3c3ccccc32)c(-c2nc(-c3c(C4CC5CCC4C5)cccc3C3CC4CCC3C4)nc(-n3c4ccccc4c4ccccc43)n2)c1. The Balaban J connectivity index is 1.11. The van der Waals surface area contributed by atoms with Crippen LogP contribution in [0.3, 0.4) is 0 Å². The second-order valence-corrected chi connectivity index (χ2v) is 17.9. The van der Waals surface area contributed by atoms with Gasteiger partial charge in [-0.3, -0.25) is 4.57 Å². The van der Waals surface area contributed by atoms with Gasteiger partial charge in [-0.1, -0.05) is 116 Å². The van der Waals surface area contributed by atoms with E-state index in [0.29, 0.717) is 23.6 Å². The van der Waals surface area contributed by atoms with Crippen molar-refractivity contribution in [1.29, 1.82) is 0 Å². The molecule has 4 aliphatic carbocycles. The van der Waals surface area contributed by atoms with E-state index in [-0.39, 0.29) is 0 Å². The first-order valence-electron chi connectivity index (χ1n) is 21.7. The molecule has 6 aromatic carbocycles. The summed E-state index contributed by atoms with van der Waals surface area (Å²) in [5.41, 5.74) is 10.9. The maximum atomic E-state index is 5.71. The minimum absolute atomic E-state index is 0.550. The quantitative estimate of drug-likeness (QED) is 0.170. The van der Waals surface area contributed by atoms with Crippen molar-refractivity contribution in [3.8, 4) is 34.4 Å². The van der Waals surface area contributed by atoms with Crippen LogP contribution in [0.25, 0.3) is 78.0 Å². The summed E-state index contributed by atoms with van der Waals surface area (Å²) in [5.74, 6) is 6.49. The predicted octanol–water partition coefficient (Wildman–Crippen LogP) is 13.2. The smallest absolute Gasteiger partial charge is 0.238 e. The molecule has 3 aromatic heterocycles. The summed E-state index contributed by atoms with van der Waals surface area (Å²) in [7, 11) is 0. The number of hydrogen-bond acceptors (Lipinski definition) is 3. The van der Waals surface area contributed by atoms with Gasteiger partial charge in [0, 0.05) is 32.7 Å². The minimum Gasteiger partial charge on any atom is -0.309 e. The Morgan fingerprint density at radius 2 is 0.862 bits per heavy atom. The van der Waals surface area contributed by atoms with Crippen LogP contribution in [0, 0.1) is 23.7 Å². The van der Waals surface area contributed by atoms with E-state index in [4.69, 9.17) is 15.0 Å². The first-order valence-corrected chi connectivity index (χ1v) is 21.7. The van der Waals surface area contributed by atoms with Crippen molar-refractivity contribution in [3.05, 3.63) is 151 Å². The van der Waals surface area contributed by atoms with E-state index in [1.807, 2.05) is 0 Å². The molecule has 4 aliphatic rings. The van der Waals surface area contributed by atoms with Crippen LogP contribution in [0.5, 0.6) is 0 Å². The van der Waals surface area contributed by atoms with Gasteiger partial charge in [0.2, 0.25) is 5.95 Å². The summed E-state index contributed by atoms with van der Waals surface area (Å²) < 4.78 is 4.70. The summed E-state index contributed by atoms with van der Waals surface area (Å²) in [6, 6.07) is 51.0. The molecule has 4 bridgehead atoms. The van der Waals surface area contributed by atoms with Crippen molar-refractivity contribution in [1.82, 2.24) is 24.1 Å². The third-order valence-electron chi connectivity index (χ3n) is 15.0. The van der Waals surface area contributed by atoms with Gasteiger partial charge in [0.15, 0.2) is 11.6 Å². The third-order valence-corrected chi connectivity index (χ3v) is 15.0. The van der Waals surface area contributed by atoms with E-state index < -0.39 is 0 Å². The topological polar surface area (TPSA) is 48.5 Å². The normalized spacial score (nSPS) is 23.7. The lowest BCUT2D eigenvalue weighted by Crippen LogP contribution is -2.16. The molecule has 5 heteroatoms. The zero-order valence-corrected chi connectivity index (χ0v) is 32.6. The second-order valence-electron chi connectivity index (χ2n) is 17.9. The summed E-state index contributed by atoms with van der Waals surface area (Å²) in [6.45, 7) is 0. The van der Waals surface area contributed by atoms with Gasteiger partial charge in [-0.25, -0.2) is 4.98 Å². The maximum absolute atomic E-state index is 5.71. The molecule has 13 rings (SSSR count). The zero-order chi connectivity index (χ0) is 37.9. The van der Waals surface area contributed by atoms with E-state index in [1.165, 1.54) is 101 Å². The van der Waals surface area contributed by atoms with Crippen LogP contribution < -0.4 is 0 Å². The molecule has 0 amide bonds. The number of benzene rings is 6. The molecule has 0 saturated heterocycles. The molecule has 5 nitrogen and oxygen atoms in total. The standard InChI is InChI=1S/C53H45N5/c1-6-19-45-36(12-1)37-13-2-7-20-46(37)57(45)49-23-10-5-16-42(49)51-54-52(56-53(55-51)58-47-21-8-3-14-38(47)39-15-4-9-22-48(39)58)50-40(43-30-32-24-26-34(43)28-32)17-11-18-41(50)44-31-33-25-27-35(44)29-33/h1-23,32-35,43-44H,24-31H2. The lowest BCUT2D eigenvalue weighted by atomic mass is 9.76. The van der Waals surface area contributed by atoms with Crippen molar-refractivity contribution < 1.29 is 0 Å². The fraction of sp³-hybridized carbons (Fsp3) is 0.264. The summed E-state index contributed by atoms with van der Waals surface area (Å²) in [6.07, 6.45) is 10.8. The van der Waals surface area contributed by atoms with Crippen molar-refractivity contribution in [2.24, 2.45) is 23.7 Å². The van der Waals surface area contributed by atoms with E-state index in [9.17, 15) is 0 Å². The Bertz CT molecular complexity index is 2940. The molecule has 6 atom stereocenters. The zero-order valence-electron chi connectivity index (χ0n) is 32.6. The molecule has 0 radical (unpaired) electrons. The molecule has 9 aromatic rings. The summed E-state index contributed by atoms with van der Waals surface area (Å²) in [4.78, 5) is 17.0. The third kappa shape index (κ3) is 4.85. The van der Waals surface area contributed by atoms with Crippen LogP contribution >= 0.6 is 0 Å². The number of rotatable bonds is 6. The van der Waals surface area contributed by atoms with Crippen LogP contribution in [0.15, 0.2) is 140 Å². The fourth-order valence-corrected chi connectivity index (χ4v) is 12.6. The number of para-hydroxylation sites is 5. The van der Waals surface area contributed by atoms with Gasteiger partial charge in [-0.2, -0.15) is 9.97 Å². The van der Waals surface area contributed by atoms with Crippen LogP contribution in [-0.4, -0.2) is 24.1 Å². The molecule has 58 heavy (non-hydrogen) atoms. The van der Waals surface area contributed by atoms with Crippen molar-refractivity contribution in [2.45, 2.75) is 63.2 Å².